The van der Waals surface area contributed by atoms with Gasteiger partial charge in [0, 0.05) is 6.20 Å². The molecule has 8 nitrogen and oxygen atoms in total. The van der Waals surface area contributed by atoms with E-state index in [-0.39, 0.29) is 18.1 Å². The van der Waals surface area contributed by atoms with E-state index in [1.807, 2.05) is 0 Å². The molecule has 0 bridgehead atoms. The van der Waals surface area contributed by atoms with E-state index in [2.05, 4.69) is 20.4 Å². The summed E-state index contributed by atoms with van der Waals surface area (Å²) in [6.45, 7) is 1.92. The van der Waals surface area contributed by atoms with Crippen LogP contribution in [-0.2, 0) is 6.54 Å². The van der Waals surface area contributed by atoms with Gasteiger partial charge in [0.15, 0.2) is 17.3 Å². The zero-order valence-corrected chi connectivity index (χ0v) is 10.6. The van der Waals surface area contributed by atoms with Gasteiger partial charge in [-0.05, 0) is 19.1 Å². The lowest BCUT2D eigenvalue weighted by molar-refractivity contribution is 0.0690. The monoisotopic (exact) mass is 273 g/mol. The second kappa shape index (κ2) is 4.65. The molecule has 0 aromatic carbocycles. The Bertz CT molecular complexity index is 776. The smallest absolute Gasteiger partial charge is 0.356 e. The molecule has 3 rings (SSSR count). The Kier molecular flexibility index (Phi) is 2.82. The zero-order chi connectivity index (χ0) is 14.1. The molecule has 102 valence electrons. The summed E-state index contributed by atoms with van der Waals surface area (Å²) in [5.74, 6) is 0.0959. The lowest BCUT2D eigenvalue weighted by Crippen LogP contribution is -2.08. The molecule has 0 aliphatic rings. The summed E-state index contributed by atoms with van der Waals surface area (Å²) in [5, 5.41) is 15.9. The number of carboxylic acid groups (broad SMARTS) is 1. The van der Waals surface area contributed by atoms with Crippen LogP contribution in [0.5, 0.6) is 0 Å². The van der Waals surface area contributed by atoms with Crippen molar-refractivity contribution in [1.29, 1.82) is 0 Å². The van der Waals surface area contributed by atoms with Gasteiger partial charge in [0.05, 0.1) is 6.54 Å². The van der Waals surface area contributed by atoms with Crippen molar-refractivity contribution in [3.05, 3.63) is 41.8 Å². The van der Waals surface area contributed by atoms with E-state index in [1.54, 1.807) is 31.3 Å². The highest BCUT2D eigenvalue weighted by Crippen LogP contribution is 2.18. The molecule has 0 saturated heterocycles. The number of anilines is 1. The molecule has 0 spiro atoms. The first kappa shape index (κ1) is 12.2. The Morgan fingerprint density at radius 2 is 2.30 bits per heavy atom. The maximum absolute atomic E-state index is 11.4. The van der Waals surface area contributed by atoms with Crippen LogP contribution in [0.3, 0.4) is 0 Å². The number of hydrogen-bond donors (Lipinski definition) is 2. The minimum Gasteiger partial charge on any atom is -0.476 e. The number of carboxylic acids is 1. The highest BCUT2D eigenvalue weighted by molar-refractivity contribution is 5.92. The third-order valence-electron chi connectivity index (χ3n) is 2.71. The van der Waals surface area contributed by atoms with Crippen molar-refractivity contribution in [3.63, 3.8) is 0 Å². The molecular weight excluding hydrogens is 262 g/mol. The number of aromatic carboxylic acids is 1. The number of nitrogens with zero attached hydrogens (tertiary/aromatic N) is 4. The molecule has 0 radical (unpaired) electrons. The number of carbonyl (C=O) groups is 1. The first-order valence-electron chi connectivity index (χ1n) is 5.88. The highest BCUT2D eigenvalue weighted by Gasteiger charge is 2.18. The normalized spacial score (nSPS) is 10.8. The van der Waals surface area contributed by atoms with Crippen LogP contribution in [-0.4, -0.2) is 30.6 Å². The van der Waals surface area contributed by atoms with Gasteiger partial charge >= 0.3 is 5.97 Å². The molecule has 0 aliphatic heterocycles. The molecule has 3 heterocycles. The number of fused-ring (bicyclic) bond motifs is 1. The van der Waals surface area contributed by atoms with Crippen LogP contribution in [0.2, 0.25) is 0 Å². The Morgan fingerprint density at radius 1 is 1.45 bits per heavy atom. The number of pyridine rings is 1. The van der Waals surface area contributed by atoms with Crippen molar-refractivity contribution in [2.24, 2.45) is 0 Å². The van der Waals surface area contributed by atoms with Gasteiger partial charge in [-0.1, -0.05) is 11.2 Å². The SMILES string of the molecule is Cc1noc(CNc2nc3ccccn3c2C(=O)O)n1. The van der Waals surface area contributed by atoms with E-state index in [0.717, 1.165) is 0 Å². The maximum atomic E-state index is 11.4. The van der Waals surface area contributed by atoms with E-state index >= 15 is 0 Å². The fraction of sp³-hybridized carbons (Fsp3) is 0.167. The lowest BCUT2D eigenvalue weighted by Gasteiger charge is -2.01. The topological polar surface area (TPSA) is 106 Å². The van der Waals surface area contributed by atoms with E-state index in [4.69, 9.17) is 4.52 Å². The van der Waals surface area contributed by atoms with Gasteiger partial charge in [0.2, 0.25) is 5.89 Å². The molecule has 0 fully saturated rings. The lowest BCUT2D eigenvalue weighted by atomic mass is 10.4. The average Bonchev–Trinajstić information content (AvgIpc) is 2.99. The maximum Gasteiger partial charge on any atom is 0.356 e. The number of rotatable bonds is 4. The number of hydrogen-bond acceptors (Lipinski definition) is 6. The fourth-order valence-corrected chi connectivity index (χ4v) is 1.89. The van der Waals surface area contributed by atoms with Gasteiger partial charge in [-0.3, -0.25) is 4.40 Å². The summed E-state index contributed by atoms with van der Waals surface area (Å²) in [6.07, 6.45) is 1.65. The molecule has 8 heteroatoms. The number of aryl methyl sites for hydroxylation is 1. The minimum absolute atomic E-state index is 0.0665. The molecule has 0 amide bonds. The molecule has 3 aromatic rings. The fourth-order valence-electron chi connectivity index (χ4n) is 1.89. The molecular formula is C12H11N5O3. The van der Waals surface area contributed by atoms with Crippen molar-refractivity contribution in [2.45, 2.75) is 13.5 Å². The van der Waals surface area contributed by atoms with Crippen molar-refractivity contribution in [2.75, 3.05) is 5.32 Å². The second-order valence-electron chi connectivity index (χ2n) is 4.13. The molecule has 20 heavy (non-hydrogen) atoms. The number of imidazole rings is 1. The Hall–Kier alpha value is -2.90. The molecule has 3 aromatic heterocycles. The number of nitrogens with one attached hydrogen (secondary N) is 1. The average molecular weight is 273 g/mol. The predicted molar refractivity (Wildman–Crippen MR) is 68.5 cm³/mol. The Labute approximate surface area is 113 Å². The quantitative estimate of drug-likeness (QED) is 0.738. The van der Waals surface area contributed by atoms with Crippen LogP contribution in [0, 0.1) is 6.92 Å². The van der Waals surface area contributed by atoms with Gasteiger partial charge in [-0.2, -0.15) is 4.98 Å². The minimum atomic E-state index is -1.06. The van der Waals surface area contributed by atoms with Crippen LogP contribution in [0.25, 0.3) is 5.65 Å². The van der Waals surface area contributed by atoms with E-state index < -0.39 is 5.97 Å². The zero-order valence-electron chi connectivity index (χ0n) is 10.6. The van der Waals surface area contributed by atoms with Gasteiger partial charge in [-0.15, -0.1) is 0 Å². The summed E-state index contributed by atoms with van der Waals surface area (Å²) >= 11 is 0. The van der Waals surface area contributed by atoms with Crippen LogP contribution in [0.15, 0.2) is 28.9 Å². The van der Waals surface area contributed by atoms with Crippen molar-refractivity contribution in [3.8, 4) is 0 Å². The molecule has 0 saturated carbocycles. The van der Waals surface area contributed by atoms with Crippen LogP contribution in [0.4, 0.5) is 5.82 Å². The predicted octanol–water partition coefficient (Wildman–Crippen LogP) is 1.34. The third-order valence-corrected chi connectivity index (χ3v) is 2.71. The van der Waals surface area contributed by atoms with Gasteiger partial charge in [0.25, 0.3) is 0 Å². The van der Waals surface area contributed by atoms with Gasteiger partial charge in [0.1, 0.15) is 5.65 Å². The van der Waals surface area contributed by atoms with E-state index in [0.29, 0.717) is 17.4 Å². The summed E-state index contributed by atoms with van der Waals surface area (Å²) < 4.78 is 6.46. The summed E-state index contributed by atoms with van der Waals surface area (Å²) in [5.41, 5.74) is 0.617. The van der Waals surface area contributed by atoms with Crippen molar-refractivity contribution in [1.82, 2.24) is 19.5 Å². The third kappa shape index (κ3) is 2.07. The molecule has 2 N–H and O–H groups in total. The number of aromatic nitrogens is 4. The van der Waals surface area contributed by atoms with Crippen LogP contribution >= 0.6 is 0 Å². The van der Waals surface area contributed by atoms with Gasteiger partial charge < -0.3 is 14.9 Å². The first-order chi connectivity index (χ1) is 9.65. The van der Waals surface area contributed by atoms with Gasteiger partial charge in [-0.25, -0.2) is 9.78 Å². The highest BCUT2D eigenvalue weighted by atomic mass is 16.5. The standard InChI is InChI=1S/C12H11N5O3/c1-7-14-9(20-16-7)6-13-11-10(12(18)19)17-5-3-2-4-8(17)15-11/h2-5,13H,6H2,1H3,(H,18,19). The summed E-state index contributed by atoms with van der Waals surface area (Å²) in [6, 6.07) is 5.26. The van der Waals surface area contributed by atoms with Crippen LogP contribution in [0.1, 0.15) is 22.2 Å². The van der Waals surface area contributed by atoms with E-state index in [9.17, 15) is 9.90 Å². The molecule has 0 unspecified atom stereocenters. The summed E-state index contributed by atoms with van der Waals surface area (Å²) in [4.78, 5) is 19.6. The second-order valence-corrected chi connectivity index (χ2v) is 4.13. The van der Waals surface area contributed by atoms with Crippen molar-refractivity contribution < 1.29 is 14.4 Å². The summed E-state index contributed by atoms with van der Waals surface area (Å²) in [7, 11) is 0. The Balaban J connectivity index is 1.94. The first-order valence-corrected chi connectivity index (χ1v) is 5.88. The largest absolute Gasteiger partial charge is 0.476 e. The van der Waals surface area contributed by atoms with Crippen molar-refractivity contribution >= 4 is 17.4 Å². The molecule has 0 aliphatic carbocycles. The Morgan fingerprint density at radius 3 is 3.00 bits per heavy atom. The molecule has 0 atom stereocenters. The van der Waals surface area contributed by atoms with E-state index in [1.165, 1.54) is 4.40 Å². The van der Waals surface area contributed by atoms with Crippen LogP contribution < -0.4 is 5.32 Å².